The Bertz CT molecular complexity index is 897. The fourth-order valence-electron chi connectivity index (χ4n) is 3.26. The zero-order valence-corrected chi connectivity index (χ0v) is 14.1. The van der Waals surface area contributed by atoms with E-state index < -0.39 is 0 Å². The molecule has 25 heavy (non-hydrogen) atoms. The zero-order chi connectivity index (χ0) is 17.4. The Balaban J connectivity index is 1.78. The average Bonchev–Trinajstić information content (AvgIpc) is 3.10. The lowest BCUT2D eigenvalue weighted by Crippen LogP contribution is -2.35. The third-order valence-corrected chi connectivity index (χ3v) is 4.42. The molecule has 6 nitrogen and oxygen atoms in total. The van der Waals surface area contributed by atoms with Gasteiger partial charge in [-0.3, -0.25) is 9.78 Å². The van der Waals surface area contributed by atoms with Crippen molar-refractivity contribution in [1.29, 1.82) is 0 Å². The van der Waals surface area contributed by atoms with Crippen LogP contribution >= 0.6 is 0 Å². The van der Waals surface area contributed by atoms with Crippen LogP contribution in [-0.4, -0.2) is 31.7 Å². The predicted molar refractivity (Wildman–Crippen MR) is 93.6 cm³/mol. The van der Waals surface area contributed by atoms with Gasteiger partial charge in [0.2, 0.25) is 0 Å². The highest BCUT2D eigenvalue weighted by atomic mass is 16.5. The number of aromatic nitrogens is 1. The van der Waals surface area contributed by atoms with Gasteiger partial charge in [0.25, 0.3) is 5.91 Å². The van der Waals surface area contributed by atoms with Gasteiger partial charge in [0.05, 0.1) is 19.9 Å². The standard InChI is InChI=1S/C19H18N2O4/c1-23-13-9-12-5-4-8-21(18(12)16(10-13)24-2)19(22)17-11-14-15(25-17)6-3-7-20-14/h3,6-7,9-11H,4-5,8H2,1-2H3. The van der Waals surface area contributed by atoms with E-state index in [-0.39, 0.29) is 11.7 Å². The van der Waals surface area contributed by atoms with Gasteiger partial charge in [-0.2, -0.15) is 0 Å². The summed E-state index contributed by atoms with van der Waals surface area (Å²) < 4.78 is 16.5. The first-order chi connectivity index (χ1) is 12.2. The molecular formula is C19H18N2O4. The van der Waals surface area contributed by atoms with Crippen molar-refractivity contribution in [1.82, 2.24) is 4.98 Å². The van der Waals surface area contributed by atoms with Gasteiger partial charge in [0.1, 0.15) is 17.0 Å². The molecule has 0 atom stereocenters. The van der Waals surface area contributed by atoms with Gasteiger partial charge in [-0.05, 0) is 36.6 Å². The third-order valence-electron chi connectivity index (χ3n) is 4.42. The van der Waals surface area contributed by atoms with E-state index in [1.165, 1.54) is 0 Å². The summed E-state index contributed by atoms with van der Waals surface area (Å²) in [4.78, 5) is 19.0. The van der Waals surface area contributed by atoms with Gasteiger partial charge >= 0.3 is 0 Å². The van der Waals surface area contributed by atoms with Crippen molar-refractivity contribution in [3.63, 3.8) is 0 Å². The number of pyridine rings is 1. The molecule has 6 heteroatoms. The second-order valence-electron chi connectivity index (χ2n) is 5.90. The van der Waals surface area contributed by atoms with Crippen LogP contribution in [0.4, 0.5) is 5.69 Å². The van der Waals surface area contributed by atoms with Crippen LogP contribution in [0.1, 0.15) is 22.5 Å². The number of hydrogen-bond acceptors (Lipinski definition) is 5. The number of fused-ring (bicyclic) bond motifs is 2. The number of nitrogens with zero attached hydrogens (tertiary/aromatic N) is 2. The molecule has 128 valence electrons. The van der Waals surface area contributed by atoms with E-state index in [1.54, 1.807) is 49.6 Å². The third kappa shape index (κ3) is 2.59. The fraction of sp³-hybridized carbons (Fsp3) is 0.263. The lowest BCUT2D eigenvalue weighted by atomic mass is 10.00. The molecule has 0 bridgehead atoms. The highest BCUT2D eigenvalue weighted by molar-refractivity contribution is 6.07. The first-order valence-electron chi connectivity index (χ1n) is 8.12. The van der Waals surface area contributed by atoms with Crippen LogP contribution in [0.3, 0.4) is 0 Å². The molecule has 3 heterocycles. The maximum atomic E-state index is 13.1. The maximum absolute atomic E-state index is 13.1. The predicted octanol–water partition coefficient (Wildman–Crippen LogP) is 3.44. The highest BCUT2D eigenvalue weighted by Crippen LogP contribution is 2.40. The van der Waals surface area contributed by atoms with Gasteiger partial charge in [0.15, 0.2) is 11.3 Å². The number of amides is 1. The van der Waals surface area contributed by atoms with Crippen molar-refractivity contribution in [3.05, 3.63) is 47.9 Å². The molecule has 0 fully saturated rings. The molecule has 0 saturated carbocycles. The van der Waals surface area contributed by atoms with Crippen LogP contribution in [0.25, 0.3) is 11.1 Å². The number of methoxy groups -OCH3 is 2. The summed E-state index contributed by atoms with van der Waals surface area (Å²) in [6.07, 6.45) is 3.42. The monoisotopic (exact) mass is 338 g/mol. The molecule has 1 aliphatic heterocycles. The van der Waals surface area contributed by atoms with E-state index in [1.807, 2.05) is 6.07 Å². The van der Waals surface area contributed by atoms with Crippen molar-refractivity contribution < 1.29 is 18.7 Å². The Labute approximate surface area is 145 Å². The molecule has 1 amide bonds. The molecule has 0 spiro atoms. The molecule has 2 aromatic heterocycles. The molecule has 0 aliphatic carbocycles. The number of furan rings is 1. The van der Waals surface area contributed by atoms with E-state index >= 15 is 0 Å². The van der Waals surface area contributed by atoms with Crippen LogP contribution in [0.2, 0.25) is 0 Å². The number of carbonyl (C=O) groups excluding carboxylic acids is 1. The van der Waals surface area contributed by atoms with E-state index in [2.05, 4.69) is 4.98 Å². The Morgan fingerprint density at radius 3 is 2.88 bits per heavy atom. The molecule has 1 aromatic carbocycles. The van der Waals surface area contributed by atoms with Gasteiger partial charge in [-0.25, -0.2) is 0 Å². The Morgan fingerprint density at radius 1 is 1.24 bits per heavy atom. The zero-order valence-electron chi connectivity index (χ0n) is 14.1. The number of anilines is 1. The smallest absolute Gasteiger partial charge is 0.294 e. The molecule has 0 radical (unpaired) electrons. The van der Waals surface area contributed by atoms with Crippen LogP contribution in [0.15, 0.2) is 40.9 Å². The lowest BCUT2D eigenvalue weighted by molar-refractivity contribution is 0.0959. The Hall–Kier alpha value is -3.02. The number of carbonyl (C=O) groups is 1. The second-order valence-corrected chi connectivity index (χ2v) is 5.90. The normalized spacial score (nSPS) is 13.6. The number of ether oxygens (including phenoxy) is 2. The lowest BCUT2D eigenvalue weighted by Gasteiger charge is -2.30. The molecular weight excluding hydrogens is 320 g/mol. The Morgan fingerprint density at radius 2 is 2.12 bits per heavy atom. The minimum absolute atomic E-state index is 0.192. The summed E-state index contributed by atoms with van der Waals surface area (Å²) in [6.45, 7) is 0.610. The van der Waals surface area contributed by atoms with Crippen molar-refractivity contribution in [3.8, 4) is 11.5 Å². The molecule has 0 saturated heterocycles. The molecule has 0 unspecified atom stereocenters. The van der Waals surface area contributed by atoms with Crippen LogP contribution in [0.5, 0.6) is 11.5 Å². The van der Waals surface area contributed by atoms with Crippen LogP contribution in [0, 0.1) is 0 Å². The van der Waals surface area contributed by atoms with Crippen molar-refractivity contribution in [2.75, 3.05) is 25.7 Å². The first kappa shape index (κ1) is 15.5. The summed E-state index contributed by atoms with van der Waals surface area (Å²) >= 11 is 0. The fourth-order valence-corrected chi connectivity index (χ4v) is 3.26. The summed E-state index contributed by atoms with van der Waals surface area (Å²) in [5.74, 6) is 1.43. The minimum Gasteiger partial charge on any atom is -0.497 e. The number of rotatable bonds is 3. The van der Waals surface area contributed by atoms with Gasteiger partial charge in [-0.15, -0.1) is 0 Å². The number of aryl methyl sites for hydroxylation is 1. The average molecular weight is 338 g/mol. The number of hydrogen-bond donors (Lipinski definition) is 0. The summed E-state index contributed by atoms with van der Waals surface area (Å²) in [5, 5.41) is 0. The highest BCUT2D eigenvalue weighted by Gasteiger charge is 2.29. The second kappa shape index (κ2) is 6.12. The summed E-state index contributed by atoms with van der Waals surface area (Å²) in [5.41, 5.74) is 3.09. The van der Waals surface area contributed by atoms with Gasteiger partial charge in [0, 0.05) is 24.9 Å². The largest absolute Gasteiger partial charge is 0.497 e. The van der Waals surface area contributed by atoms with Gasteiger partial charge in [-0.1, -0.05) is 0 Å². The van der Waals surface area contributed by atoms with Crippen molar-refractivity contribution in [2.45, 2.75) is 12.8 Å². The number of benzene rings is 1. The summed E-state index contributed by atoms with van der Waals surface area (Å²) in [6, 6.07) is 9.02. The molecule has 3 aromatic rings. The van der Waals surface area contributed by atoms with E-state index in [0.717, 1.165) is 29.8 Å². The SMILES string of the molecule is COc1cc2c(c(OC)c1)N(C(=O)c1cc3ncccc3o1)CCC2. The van der Waals surface area contributed by atoms with E-state index in [4.69, 9.17) is 13.9 Å². The summed E-state index contributed by atoms with van der Waals surface area (Å²) in [7, 11) is 3.21. The van der Waals surface area contributed by atoms with Crippen LogP contribution < -0.4 is 14.4 Å². The molecule has 0 N–H and O–H groups in total. The Kier molecular flexibility index (Phi) is 3.80. The van der Waals surface area contributed by atoms with E-state index in [9.17, 15) is 4.79 Å². The minimum atomic E-state index is -0.192. The van der Waals surface area contributed by atoms with Gasteiger partial charge < -0.3 is 18.8 Å². The quantitative estimate of drug-likeness (QED) is 0.732. The maximum Gasteiger partial charge on any atom is 0.294 e. The van der Waals surface area contributed by atoms with Crippen LogP contribution in [-0.2, 0) is 6.42 Å². The topological polar surface area (TPSA) is 64.8 Å². The van der Waals surface area contributed by atoms with Crippen molar-refractivity contribution in [2.24, 2.45) is 0 Å². The van der Waals surface area contributed by atoms with E-state index in [0.29, 0.717) is 23.4 Å². The van der Waals surface area contributed by atoms with Crippen molar-refractivity contribution >= 4 is 22.7 Å². The molecule has 1 aliphatic rings. The molecule has 4 rings (SSSR count). The first-order valence-corrected chi connectivity index (χ1v) is 8.12.